The Balaban J connectivity index is 4.08. The van der Waals surface area contributed by atoms with Crippen molar-refractivity contribution >= 4 is 13.8 Å². The van der Waals surface area contributed by atoms with E-state index in [1.165, 1.54) is 180 Å². The normalized spacial score (nSPS) is 13.9. The minimum atomic E-state index is -4.51. The number of aliphatic hydroxyl groups excluding tert-OH is 2. The van der Waals surface area contributed by atoms with Crippen LogP contribution < -0.4 is 0 Å². The zero-order valence-corrected chi connectivity index (χ0v) is 36.4. The van der Waals surface area contributed by atoms with E-state index in [4.69, 9.17) is 23.6 Å². The van der Waals surface area contributed by atoms with Crippen LogP contribution in [0.15, 0.2) is 0 Å². The number of unbranched alkanes of at least 4 members (excludes halogenated alkanes) is 31. The molecule has 0 aliphatic rings. The summed E-state index contributed by atoms with van der Waals surface area (Å²) in [6.07, 6.45) is 40.6. The Morgan fingerprint density at radius 2 is 0.833 bits per heavy atom. The summed E-state index contributed by atoms with van der Waals surface area (Å²) in [6, 6.07) is 0. The predicted molar refractivity (Wildman–Crippen MR) is 224 cm³/mol. The Hall–Kier alpha value is -0.540. The molecule has 0 radical (unpaired) electrons. The van der Waals surface area contributed by atoms with Crippen molar-refractivity contribution in [3.8, 4) is 0 Å². The van der Waals surface area contributed by atoms with E-state index in [0.29, 0.717) is 6.61 Å². The summed E-state index contributed by atoms with van der Waals surface area (Å²) in [4.78, 5) is 22.6. The highest BCUT2D eigenvalue weighted by Gasteiger charge is 2.26. The van der Waals surface area contributed by atoms with Crippen LogP contribution in [0.5, 0.6) is 0 Å². The van der Waals surface area contributed by atoms with Crippen molar-refractivity contribution in [1.29, 1.82) is 0 Å². The first-order valence-corrected chi connectivity index (χ1v) is 24.5. The lowest BCUT2D eigenvalue weighted by Crippen LogP contribution is -2.29. The molecule has 0 bridgehead atoms. The third-order valence-electron chi connectivity index (χ3n) is 10.3. The fourth-order valence-electron chi connectivity index (χ4n) is 6.77. The lowest BCUT2D eigenvalue weighted by Gasteiger charge is -2.20. The average Bonchev–Trinajstić information content (AvgIpc) is 3.16. The van der Waals surface area contributed by atoms with Crippen molar-refractivity contribution in [1.82, 2.24) is 0 Å². The maximum absolute atomic E-state index is 12.6. The lowest BCUT2D eigenvalue weighted by atomic mass is 10.0. The number of hydrogen-bond donors (Lipinski definition) is 3. The number of aliphatic hydroxyl groups is 2. The monoisotopic (exact) mass is 793 g/mol. The van der Waals surface area contributed by atoms with Gasteiger partial charge in [0.25, 0.3) is 0 Å². The van der Waals surface area contributed by atoms with Crippen LogP contribution in [-0.2, 0) is 27.9 Å². The number of esters is 1. The minimum Gasteiger partial charge on any atom is -0.457 e. The molecule has 0 heterocycles. The second-order valence-electron chi connectivity index (χ2n) is 15.8. The topological polar surface area (TPSA) is 132 Å². The molecule has 0 aromatic heterocycles. The fourth-order valence-corrected chi connectivity index (χ4v) is 7.56. The number of rotatable bonds is 45. The number of carbonyl (C=O) groups is 1. The Bertz CT molecular complexity index is 815. The van der Waals surface area contributed by atoms with Gasteiger partial charge < -0.3 is 24.6 Å². The molecule has 10 heteroatoms. The summed E-state index contributed by atoms with van der Waals surface area (Å²) in [5, 5.41) is 18.4. The second kappa shape index (κ2) is 42.1. The van der Waals surface area contributed by atoms with Crippen molar-refractivity contribution in [3.05, 3.63) is 0 Å². The Morgan fingerprint density at radius 3 is 1.20 bits per heavy atom. The van der Waals surface area contributed by atoms with Crippen molar-refractivity contribution < 1.29 is 43.0 Å². The summed E-state index contributed by atoms with van der Waals surface area (Å²) in [7, 11) is -4.51. The zero-order valence-electron chi connectivity index (χ0n) is 35.5. The highest BCUT2D eigenvalue weighted by atomic mass is 31.2. The summed E-state index contributed by atoms with van der Waals surface area (Å²) in [5.41, 5.74) is 0. The molecule has 0 spiro atoms. The lowest BCUT2D eigenvalue weighted by molar-refractivity contribution is -0.154. The second-order valence-corrected chi connectivity index (χ2v) is 17.2. The molecule has 0 rings (SSSR count). The van der Waals surface area contributed by atoms with Gasteiger partial charge in [-0.3, -0.25) is 13.8 Å². The molecule has 324 valence electrons. The van der Waals surface area contributed by atoms with Gasteiger partial charge in [0, 0.05) is 13.0 Å². The molecule has 0 aromatic rings. The van der Waals surface area contributed by atoms with Crippen LogP contribution in [-0.4, -0.2) is 66.3 Å². The van der Waals surface area contributed by atoms with E-state index in [1.54, 1.807) is 0 Å². The van der Waals surface area contributed by atoms with Crippen LogP contribution in [0, 0.1) is 0 Å². The predicted octanol–water partition coefficient (Wildman–Crippen LogP) is 12.7. The van der Waals surface area contributed by atoms with Crippen molar-refractivity contribution in [2.24, 2.45) is 0 Å². The smallest absolute Gasteiger partial charge is 0.457 e. The van der Waals surface area contributed by atoms with E-state index >= 15 is 0 Å². The molecule has 0 aromatic carbocycles. The van der Waals surface area contributed by atoms with Gasteiger partial charge in [0.05, 0.1) is 26.4 Å². The van der Waals surface area contributed by atoms with Crippen LogP contribution in [0.1, 0.15) is 232 Å². The molecular formula is C44H89O9P. The number of phosphoric ester groups is 1. The summed E-state index contributed by atoms with van der Waals surface area (Å²) < 4.78 is 33.4. The first-order chi connectivity index (χ1) is 26.3. The number of ether oxygens (including phenoxy) is 2. The molecule has 0 amide bonds. The minimum absolute atomic E-state index is 0.0583. The quantitative estimate of drug-likeness (QED) is 0.0313. The maximum atomic E-state index is 12.6. The molecule has 0 aliphatic heterocycles. The summed E-state index contributed by atoms with van der Waals surface area (Å²) in [6.45, 7) is 3.59. The van der Waals surface area contributed by atoms with Gasteiger partial charge in [-0.1, -0.05) is 213 Å². The first-order valence-electron chi connectivity index (χ1n) is 23.0. The standard InChI is InChI=1S/C44H89O9P/c1-3-5-7-9-11-13-15-17-19-20-21-22-24-26-28-30-32-34-36-44(47)53-43(41-52-54(48,49)51-39-42(46)38-45)40-50-37-35-33-31-29-27-25-23-18-16-14-12-10-8-6-4-2/h42-43,45-46H,3-41H2,1-2H3,(H,48,49). The molecular weight excluding hydrogens is 703 g/mol. The molecule has 3 atom stereocenters. The van der Waals surface area contributed by atoms with Gasteiger partial charge in [0.2, 0.25) is 0 Å². The van der Waals surface area contributed by atoms with E-state index in [0.717, 1.165) is 32.1 Å². The molecule has 54 heavy (non-hydrogen) atoms. The molecule has 0 saturated carbocycles. The highest BCUT2D eigenvalue weighted by molar-refractivity contribution is 7.47. The van der Waals surface area contributed by atoms with Crippen LogP contribution >= 0.6 is 7.82 Å². The van der Waals surface area contributed by atoms with Crippen LogP contribution in [0.4, 0.5) is 0 Å². The van der Waals surface area contributed by atoms with Crippen LogP contribution in [0.3, 0.4) is 0 Å². The first kappa shape index (κ1) is 53.5. The van der Waals surface area contributed by atoms with Crippen molar-refractivity contribution in [2.75, 3.05) is 33.0 Å². The number of carbonyl (C=O) groups excluding carboxylic acids is 1. The van der Waals surface area contributed by atoms with Crippen molar-refractivity contribution in [2.45, 2.75) is 244 Å². The Morgan fingerprint density at radius 1 is 0.500 bits per heavy atom. The van der Waals surface area contributed by atoms with E-state index in [9.17, 15) is 19.4 Å². The van der Waals surface area contributed by atoms with E-state index < -0.39 is 33.2 Å². The number of hydrogen-bond acceptors (Lipinski definition) is 8. The van der Waals surface area contributed by atoms with Crippen LogP contribution in [0.25, 0.3) is 0 Å². The van der Waals surface area contributed by atoms with Gasteiger partial charge in [0.15, 0.2) is 0 Å². The molecule has 9 nitrogen and oxygen atoms in total. The largest absolute Gasteiger partial charge is 0.472 e. The van der Waals surface area contributed by atoms with Crippen molar-refractivity contribution in [3.63, 3.8) is 0 Å². The maximum Gasteiger partial charge on any atom is 0.472 e. The SMILES string of the molecule is CCCCCCCCCCCCCCCCCCCCC(=O)OC(COCCCCCCCCCCCCCCCCC)COP(=O)(O)OCC(O)CO. The Labute approximate surface area is 333 Å². The van der Waals surface area contributed by atoms with Gasteiger partial charge >= 0.3 is 13.8 Å². The molecule has 0 saturated heterocycles. The fraction of sp³-hybridized carbons (Fsp3) is 0.977. The van der Waals surface area contributed by atoms with Gasteiger partial charge in [0.1, 0.15) is 12.2 Å². The third-order valence-corrected chi connectivity index (χ3v) is 11.2. The Kier molecular flexibility index (Phi) is 41.7. The highest BCUT2D eigenvalue weighted by Crippen LogP contribution is 2.43. The number of phosphoric acid groups is 1. The van der Waals surface area contributed by atoms with Gasteiger partial charge in [-0.25, -0.2) is 4.57 Å². The summed E-state index contributed by atoms with van der Waals surface area (Å²) >= 11 is 0. The van der Waals surface area contributed by atoms with E-state index in [1.807, 2.05) is 0 Å². The van der Waals surface area contributed by atoms with Gasteiger partial charge in [-0.15, -0.1) is 0 Å². The van der Waals surface area contributed by atoms with Crippen LogP contribution in [0.2, 0.25) is 0 Å². The molecule has 0 aliphatic carbocycles. The summed E-state index contributed by atoms with van der Waals surface area (Å²) in [5.74, 6) is -0.375. The average molecular weight is 793 g/mol. The van der Waals surface area contributed by atoms with Gasteiger partial charge in [-0.2, -0.15) is 0 Å². The molecule has 0 fully saturated rings. The van der Waals surface area contributed by atoms with Gasteiger partial charge in [-0.05, 0) is 12.8 Å². The third kappa shape index (κ3) is 41.1. The molecule has 3 N–H and O–H groups in total. The molecule has 3 unspecified atom stereocenters. The van der Waals surface area contributed by atoms with E-state index in [2.05, 4.69) is 13.8 Å². The zero-order chi connectivity index (χ0) is 39.6. The van der Waals surface area contributed by atoms with E-state index in [-0.39, 0.29) is 25.6 Å².